The Kier molecular flexibility index (Phi) is 17.4. The van der Waals surface area contributed by atoms with Crippen molar-refractivity contribution in [1.82, 2.24) is 4.90 Å². The standard InChI is InChI=1S/C8H18.C5H9NO/c1-3-5-7-8-6-4-2;1-6(2)4-3-5-7/h3-8H2,1-2H3;3-5H,1-2H3. The number of aldehydes is 1. The van der Waals surface area contributed by atoms with Gasteiger partial charge in [-0.25, -0.2) is 0 Å². The molecule has 0 aromatic rings. The van der Waals surface area contributed by atoms with Gasteiger partial charge < -0.3 is 4.90 Å². The maximum absolute atomic E-state index is 9.60. The van der Waals surface area contributed by atoms with E-state index in [4.69, 9.17) is 0 Å². The monoisotopic (exact) mass is 213 g/mol. The van der Waals surface area contributed by atoms with E-state index in [-0.39, 0.29) is 0 Å². The van der Waals surface area contributed by atoms with E-state index in [0.29, 0.717) is 0 Å². The van der Waals surface area contributed by atoms with Crippen molar-refractivity contribution < 1.29 is 4.79 Å². The summed E-state index contributed by atoms with van der Waals surface area (Å²) in [4.78, 5) is 11.4. The number of hydrogen-bond donors (Lipinski definition) is 0. The molecule has 0 aromatic carbocycles. The largest absolute Gasteiger partial charge is 0.383 e. The molecule has 0 saturated carbocycles. The third kappa shape index (κ3) is 24.6. The summed E-state index contributed by atoms with van der Waals surface area (Å²) >= 11 is 0. The Morgan fingerprint density at radius 2 is 1.40 bits per heavy atom. The fraction of sp³-hybridized carbons (Fsp3) is 0.769. The van der Waals surface area contributed by atoms with Crippen molar-refractivity contribution in [1.29, 1.82) is 0 Å². The third-order valence-corrected chi connectivity index (χ3v) is 1.92. The second kappa shape index (κ2) is 15.7. The lowest BCUT2D eigenvalue weighted by molar-refractivity contribution is -0.104. The zero-order valence-corrected chi connectivity index (χ0v) is 10.8. The van der Waals surface area contributed by atoms with Crippen molar-refractivity contribution in [2.45, 2.75) is 52.4 Å². The van der Waals surface area contributed by atoms with Gasteiger partial charge in [-0.05, 0) is 6.08 Å². The average molecular weight is 213 g/mol. The van der Waals surface area contributed by atoms with E-state index in [1.165, 1.54) is 44.6 Å². The normalized spacial score (nSPS) is 9.60. The highest BCUT2D eigenvalue weighted by molar-refractivity contribution is 5.64. The number of allylic oxidation sites excluding steroid dienone is 1. The maximum atomic E-state index is 9.60. The first-order chi connectivity index (χ1) is 7.18. The molecule has 0 amide bonds. The number of unbranched alkanes of at least 4 members (excludes halogenated alkanes) is 5. The molecule has 0 aliphatic rings. The first kappa shape index (κ1) is 16.6. The van der Waals surface area contributed by atoms with E-state index in [9.17, 15) is 4.79 Å². The predicted octanol–water partition coefficient (Wildman–Crippen LogP) is 3.63. The Hall–Kier alpha value is -0.790. The summed E-state index contributed by atoms with van der Waals surface area (Å²) in [5.74, 6) is 0. The predicted molar refractivity (Wildman–Crippen MR) is 67.9 cm³/mol. The Morgan fingerprint density at radius 3 is 1.60 bits per heavy atom. The molecule has 0 aliphatic carbocycles. The van der Waals surface area contributed by atoms with Crippen LogP contribution < -0.4 is 0 Å². The van der Waals surface area contributed by atoms with Crippen LogP contribution in [0.3, 0.4) is 0 Å². The van der Waals surface area contributed by atoms with E-state index in [0.717, 1.165) is 6.29 Å². The van der Waals surface area contributed by atoms with Gasteiger partial charge in [-0.15, -0.1) is 0 Å². The lowest BCUT2D eigenvalue weighted by Crippen LogP contribution is -1.99. The average Bonchev–Trinajstić information content (AvgIpc) is 2.22. The van der Waals surface area contributed by atoms with Gasteiger partial charge in [-0.3, -0.25) is 4.79 Å². The lowest BCUT2D eigenvalue weighted by Gasteiger charge is -1.99. The third-order valence-electron chi connectivity index (χ3n) is 1.92. The van der Waals surface area contributed by atoms with Gasteiger partial charge in [-0.1, -0.05) is 52.4 Å². The number of carbonyl (C=O) groups excluding carboxylic acids is 1. The first-order valence-corrected chi connectivity index (χ1v) is 5.97. The number of carbonyl (C=O) groups is 1. The highest BCUT2D eigenvalue weighted by Gasteiger charge is 1.83. The SMILES string of the molecule is CCCCCCCC.CN(C)C=CC=O. The molecular formula is C13H27NO. The molecule has 0 fully saturated rings. The number of rotatable bonds is 7. The van der Waals surface area contributed by atoms with Crippen molar-refractivity contribution >= 4 is 6.29 Å². The molecule has 0 radical (unpaired) electrons. The number of hydrogen-bond acceptors (Lipinski definition) is 2. The van der Waals surface area contributed by atoms with E-state index in [1.54, 1.807) is 11.1 Å². The molecule has 0 spiro atoms. The molecule has 0 rings (SSSR count). The zero-order valence-electron chi connectivity index (χ0n) is 10.8. The molecule has 0 heterocycles. The molecule has 0 aromatic heterocycles. The van der Waals surface area contributed by atoms with Crippen LogP contribution in [0, 0.1) is 0 Å². The van der Waals surface area contributed by atoms with Crippen LogP contribution in [-0.2, 0) is 4.79 Å². The van der Waals surface area contributed by atoms with Crippen LogP contribution in [-0.4, -0.2) is 25.3 Å². The Bertz CT molecular complexity index is 135. The van der Waals surface area contributed by atoms with Crippen LogP contribution in [0.5, 0.6) is 0 Å². The van der Waals surface area contributed by atoms with Gasteiger partial charge in [0.25, 0.3) is 0 Å². The molecule has 0 aliphatic heterocycles. The molecule has 15 heavy (non-hydrogen) atoms. The fourth-order valence-electron chi connectivity index (χ4n) is 1.06. The zero-order chi connectivity index (χ0) is 11.9. The minimum absolute atomic E-state index is 0.750. The summed E-state index contributed by atoms with van der Waals surface area (Å²) < 4.78 is 0. The van der Waals surface area contributed by atoms with Gasteiger partial charge in [-0.2, -0.15) is 0 Å². The van der Waals surface area contributed by atoms with Crippen LogP contribution >= 0.6 is 0 Å². The van der Waals surface area contributed by atoms with Crippen LogP contribution in [0.25, 0.3) is 0 Å². The maximum Gasteiger partial charge on any atom is 0.144 e. The van der Waals surface area contributed by atoms with E-state index < -0.39 is 0 Å². The molecule has 2 heteroatoms. The Labute approximate surface area is 95.4 Å². The minimum atomic E-state index is 0.750. The van der Waals surface area contributed by atoms with Gasteiger partial charge in [0, 0.05) is 20.3 Å². The molecule has 0 unspecified atom stereocenters. The summed E-state index contributed by atoms with van der Waals surface area (Å²) in [7, 11) is 3.72. The van der Waals surface area contributed by atoms with Crippen LogP contribution in [0.4, 0.5) is 0 Å². The van der Waals surface area contributed by atoms with Crippen molar-refractivity contribution in [3.8, 4) is 0 Å². The molecular weight excluding hydrogens is 186 g/mol. The summed E-state index contributed by atoms with van der Waals surface area (Å²) in [6.07, 6.45) is 12.4. The second-order valence-electron chi connectivity index (χ2n) is 3.86. The lowest BCUT2D eigenvalue weighted by atomic mass is 10.1. The van der Waals surface area contributed by atoms with E-state index >= 15 is 0 Å². The molecule has 0 N–H and O–H groups in total. The first-order valence-electron chi connectivity index (χ1n) is 5.97. The van der Waals surface area contributed by atoms with Crippen molar-refractivity contribution in [2.24, 2.45) is 0 Å². The molecule has 90 valence electrons. The van der Waals surface area contributed by atoms with Gasteiger partial charge in [0.2, 0.25) is 0 Å². The molecule has 0 atom stereocenters. The topological polar surface area (TPSA) is 20.3 Å². The highest BCUT2D eigenvalue weighted by atomic mass is 16.1. The molecule has 2 nitrogen and oxygen atoms in total. The van der Waals surface area contributed by atoms with E-state index in [1.807, 2.05) is 14.1 Å². The second-order valence-corrected chi connectivity index (χ2v) is 3.86. The fourth-order valence-corrected chi connectivity index (χ4v) is 1.06. The number of nitrogens with zero attached hydrogens (tertiary/aromatic N) is 1. The Balaban J connectivity index is 0. The van der Waals surface area contributed by atoms with Gasteiger partial charge in [0.15, 0.2) is 0 Å². The van der Waals surface area contributed by atoms with Crippen LogP contribution in [0.15, 0.2) is 12.3 Å². The molecule has 0 bridgehead atoms. The van der Waals surface area contributed by atoms with Crippen molar-refractivity contribution in [2.75, 3.05) is 14.1 Å². The van der Waals surface area contributed by atoms with Crippen LogP contribution in [0.2, 0.25) is 0 Å². The summed E-state index contributed by atoms with van der Waals surface area (Å²) in [6, 6.07) is 0. The highest BCUT2D eigenvalue weighted by Crippen LogP contribution is 2.03. The summed E-state index contributed by atoms with van der Waals surface area (Å²) in [5.41, 5.74) is 0. The van der Waals surface area contributed by atoms with Gasteiger partial charge in [0.05, 0.1) is 0 Å². The minimum Gasteiger partial charge on any atom is -0.383 e. The van der Waals surface area contributed by atoms with Crippen molar-refractivity contribution in [3.63, 3.8) is 0 Å². The quantitative estimate of drug-likeness (QED) is 0.366. The van der Waals surface area contributed by atoms with Gasteiger partial charge >= 0.3 is 0 Å². The smallest absolute Gasteiger partial charge is 0.144 e. The van der Waals surface area contributed by atoms with Gasteiger partial charge in [0.1, 0.15) is 6.29 Å². The van der Waals surface area contributed by atoms with Crippen molar-refractivity contribution in [3.05, 3.63) is 12.3 Å². The van der Waals surface area contributed by atoms with Crippen LogP contribution in [0.1, 0.15) is 52.4 Å². The Morgan fingerprint density at radius 1 is 0.933 bits per heavy atom. The molecule has 0 saturated heterocycles. The summed E-state index contributed by atoms with van der Waals surface area (Å²) in [6.45, 7) is 4.51. The summed E-state index contributed by atoms with van der Waals surface area (Å²) in [5, 5.41) is 0. The van der Waals surface area contributed by atoms with E-state index in [2.05, 4.69) is 13.8 Å².